The molecule has 1 N–H and O–H groups in total. The van der Waals surface area contributed by atoms with Gasteiger partial charge in [-0.2, -0.15) is 0 Å². The van der Waals surface area contributed by atoms with Crippen molar-refractivity contribution in [3.8, 4) is 22.4 Å². The highest BCUT2D eigenvalue weighted by Crippen LogP contribution is 2.30. The number of carbonyl (C=O) groups excluding carboxylic acids is 1. The number of nitrogens with one attached hydrogen (secondary N) is 1. The first-order valence-electron chi connectivity index (χ1n) is 11.3. The number of thioether (sulfide) groups is 1. The van der Waals surface area contributed by atoms with Gasteiger partial charge in [0.1, 0.15) is 0 Å². The van der Waals surface area contributed by atoms with E-state index in [1.165, 1.54) is 11.8 Å². The van der Waals surface area contributed by atoms with E-state index in [1.807, 2.05) is 91.0 Å². The molecule has 1 aromatic heterocycles. The summed E-state index contributed by atoms with van der Waals surface area (Å²) >= 11 is 7.71. The fourth-order valence-corrected chi connectivity index (χ4v) is 4.76. The number of halogens is 1. The van der Waals surface area contributed by atoms with Crippen molar-refractivity contribution in [2.45, 2.75) is 11.6 Å². The average molecular weight is 496 g/mol. The van der Waals surface area contributed by atoms with Gasteiger partial charge >= 0.3 is 0 Å². The Balaban J connectivity index is 1.24. The molecule has 172 valence electrons. The van der Waals surface area contributed by atoms with Gasteiger partial charge < -0.3 is 5.32 Å². The zero-order valence-electron chi connectivity index (χ0n) is 18.8. The molecular weight excluding hydrogens is 474 g/mol. The molecule has 0 unspecified atom stereocenters. The second-order valence-electron chi connectivity index (χ2n) is 7.97. The predicted octanol–water partition coefficient (Wildman–Crippen LogP) is 7.74. The molecule has 0 aliphatic rings. The van der Waals surface area contributed by atoms with Crippen molar-refractivity contribution in [2.24, 2.45) is 0 Å². The summed E-state index contributed by atoms with van der Waals surface area (Å²) in [7, 11) is 0. The van der Waals surface area contributed by atoms with Crippen LogP contribution in [0.15, 0.2) is 108 Å². The monoisotopic (exact) mass is 495 g/mol. The molecule has 0 spiro atoms. The van der Waals surface area contributed by atoms with E-state index in [2.05, 4.69) is 22.4 Å². The molecule has 1 amide bonds. The number of fused-ring (bicyclic) bond motifs is 1. The lowest BCUT2D eigenvalue weighted by Crippen LogP contribution is -2.12. The van der Waals surface area contributed by atoms with Gasteiger partial charge in [0, 0.05) is 33.8 Å². The van der Waals surface area contributed by atoms with Crippen molar-refractivity contribution in [3.63, 3.8) is 0 Å². The Morgan fingerprint density at radius 1 is 0.771 bits per heavy atom. The lowest BCUT2D eigenvalue weighted by atomic mass is 10.1. The largest absolute Gasteiger partial charge is 0.326 e. The van der Waals surface area contributed by atoms with Crippen molar-refractivity contribution in [2.75, 3.05) is 11.1 Å². The lowest BCUT2D eigenvalue weighted by molar-refractivity contribution is -0.115. The molecule has 0 atom stereocenters. The van der Waals surface area contributed by atoms with Crippen molar-refractivity contribution in [1.82, 2.24) is 9.97 Å². The SMILES string of the molecule is O=C(CCSc1nc(-c2ccccc2)c2cc(Cl)ccc2n1)Nc1ccc(-c2ccccc2)cc1. The van der Waals surface area contributed by atoms with Crippen LogP contribution in [0.2, 0.25) is 5.02 Å². The molecule has 0 fully saturated rings. The summed E-state index contributed by atoms with van der Waals surface area (Å²) in [6.45, 7) is 0. The first-order valence-corrected chi connectivity index (χ1v) is 12.6. The van der Waals surface area contributed by atoms with Crippen LogP contribution in [0.25, 0.3) is 33.3 Å². The number of amides is 1. The van der Waals surface area contributed by atoms with Crippen LogP contribution in [-0.2, 0) is 4.79 Å². The van der Waals surface area contributed by atoms with E-state index in [1.54, 1.807) is 0 Å². The van der Waals surface area contributed by atoms with E-state index < -0.39 is 0 Å². The van der Waals surface area contributed by atoms with E-state index in [0.717, 1.165) is 39.0 Å². The third-order valence-corrected chi connectivity index (χ3v) is 6.60. The summed E-state index contributed by atoms with van der Waals surface area (Å²) in [5, 5.41) is 5.16. The number of aromatic nitrogens is 2. The van der Waals surface area contributed by atoms with Gasteiger partial charge in [0.2, 0.25) is 5.91 Å². The Morgan fingerprint density at radius 2 is 1.43 bits per heavy atom. The maximum absolute atomic E-state index is 12.5. The molecule has 4 aromatic carbocycles. The Bertz CT molecular complexity index is 1460. The highest BCUT2D eigenvalue weighted by molar-refractivity contribution is 7.99. The topological polar surface area (TPSA) is 54.9 Å². The van der Waals surface area contributed by atoms with Crippen LogP contribution >= 0.6 is 23.4 Å². The summed E-state index contributed by atoms with van der Waals surface area (Å²) in [5.74, 6) is 0.530. The van der Waals surface area contributed by atoms with Crippen molar-refractivity contribution in [1.29, 1.82) is 0 Å². The van der Waals surface area contributed by atoms with Crippen LogP contribution in [0.5, 0.6) is 0 Å². The maximum atomic E-state index is 12.5. The predicted molar refractivity (Wildman–Crippen MR) is 146 cm³/mol. The second-order valence-corrected chi connectivity index (χ2v) is 9.47. The molecule has 0 radical (unpaired) electrons. The molecule has 0 aliphatic heterocycles. The minimum atomic E-state index is -0.0409. The van der Waals surface area contributed by atoms with E-state index in [9.17, 15) is 4.79 Å². The molecule has 0 saturated heterocycles. The van der Waals surface area contributed by atoms with Gasteiger partial charge in [-0.05, 0) is 41.5 Å². The molecular formula is C29H22ClN3OS. The molecule has 4 nitrogen and oxygen atoms in total. The summed E-state index contributed by atoms with van der Waals surface area (Å²) in [6.07, 6.45) is 0.355. The average Bonchev–Trinajstić information content (AvgIpc) is 2.90. The van der Waals surface area contributed by atoms with Crippen LogP contribution in [0.1, 0.15) is 6.42 Å². The fraction of sp³-hybridized carbons (Fsp3) is 0.0690. The van der Waals surface area contributed by atoms with Gasteiger partial charge in [-0.25, -0.2) is 9.97 Å². The minimum Gasteiger partial charge on any atom is -0.326 e. The van der Waals surface area contributed by atoms with Gasteiger partial charge in [-0.1, -0.05) is 96.2 Å². The molecule has 6 heteroatoms. The molecule has 0 aliphatic carbocycles. The van der Waals surface area contributed by atoms with Crippen LogP contribution in [0.3, 0.4) is 0 Å². The molecule has 35 heavy (non-hydrogen) atoms. The third kappa shape index (κ3) is 5.70. The quantitative estimate of drug-likeness (QED) is 0.185. The number of hydrogen-bond acceptors (Lipinski definition) is 4. The van der Waals surface area contributed by atoms with Crippen molar-refractivity contribution in [3.05, 3.63) is 108 Å². The summed E-state index contributed by atoms with van der Waals surface area (Å²) in [4.78, 5) is 22.0. The molecule has 0 bridgehead atoms. The molecule has 0 saturated carbocycles. The summed E-state index contributed by atoms with van der Waals surface area (Å²) < 4.78 is 0. The van der Waals surface area contributed by atoms with E-state index in [0.29, 0.717) is 22.4 Å². The minimum absolute atomic E-state index is 0.0409. The Labute approximate surface area is 213 Å². The number of rotatable bonds is 7. The molecule has 1 heterocycles. The highest BCUT2D eigenvalue weighted by Gasteiger charge is 2.12. The number of hydrogen-bond donors (Lipinski definition) is 1. The van der Waals surface area contributed by atoms with E-state index >= 15 is 0 Å². The summed E-state index contributed by atoms with van der Waals surface area (Å²) in [6, 6.07) is 33.7. The number of benzene rings is 4. The maximum Gasteiger partial charge on any atom is 0.225 e. The highest BCUT2D eigenvalue weighted by atomic mass is 35.5. The normalized spacial score (nSPS) is 10.9. The zero-order chi connectivity index (χ0) is 24.0. The molecule has 5 rings (SSSR count). The van der Waals surface area contributed by atoms with E-state index in [4.69, 9.17) is 16.6 Å². The fourth-order valence-electron chi connectivity index (χ4n) is 3.80. The van der Waals surface area contributed by atoms with E-state index in [-0.39, 0.29) is 5.91 Å². The van der Waals surface area contributed by atoms with Gasteiger partial charge in [-0.15, -0.1) is 0 Å². The smallest absolute Gasteiger partial charge is 0.225 e. The Kier molecular flexibility index (Phi) is 7.07. The van der Waals surface area contributed by atoms with Crippen molar-refractivity contribution < 1.29 is 4.79 Å². The zero-order valence-corrected chi connectivity index (χ0v) is 20.4. The van der Waals surface area contributed by atoms with Gasteiger partial charge in [-0.3, -0.25) is 4.79 Å². The van der Waals surface area contributed by atoms with Crippen molar-refractivity contribution >= 4 is 45.9 Å². The first-order chi connectivity index (χ1) is 17.2. The van der Waals surface area contributed by atoms with Crippen LogP contribution in [0.4, 0.5) is 5.69 Å². The van der Waals surface area contributed by atoms with Gasteiger partial charge in [0.25, 0.3) is 0 Å². The van der Waals surface area contributed by atoms with Crippen LogP contribution in [0, 0.1) is 0 Å². The van der Waals surface area contributed by atoms with Crippen LogP contribution < -0.4 is 5.32 Å². The number of nitrogens with zero attached hydrogens (tertiary/aromatic N) is 2. The van der Waals surface area contributed by atoms with Crippen LogP contribution in [-0.4, -0.2) is 21.6 Å². The Morgan fingerprint density at radius 3 is 2.14 bits per heavy atom. The first kappa shape index (κ1) is 23.1. The number of carbonyl (C=O) groups is 1. The second kappa shape index (κ2) is 10.7. The summed E-state index contributed by atoms with van der Waals surface area (Å²) in [5.41, 5.74) is 5.71. The van der Waals surface area contributed by atoms with Gasteiger partial charge in [0.15, 0.2) is 5.16 Å². The van der Waals surface area contributed by atoms with Gasteiger partial charge in [0.05, 0.1) is 11.2 Å². The lowest BCUT2D eigenvalue weighted by Gasteiger charge is -2.10. The standard InChI is InChI=1S/C29H22ClN3OS/c30-23-13-16-26-25(19-23)28(22-9-5-2-6-10-22)33-29(32-26)35-18-17-27(34)31-24-14-11-21(12-15-24)20-7-3-1-4-8-20/h1-16,19H,17-18H2,(H,31,34). The third-order valence-electron chi connectivity index (χ3n) is 5.52. The number of anilines is 1. The Hall–Kier alpha value is -3.67. The molecule has 5 aromatic rings.